The number of ether oxygens (including phenoxy) is 2. The Morgan fingerprint density at radius 2 is 1.85 bits per heavy atom. The summed E-state index contributed by atoms with van der Waals surface area (Å²) in [6.45, 7) is 3.86. The van der Waals surface area contributed by atoms with E-state index < -0.39 is 0 Å². The van der Waals surface area contributed by atoms with E-state index in [1.165, 1.54) is 11.9 Å². The Morgan fingerprint density at radius 3 is 2.67 bits per heavy atom. The molecule has 1 aromatic carbocycles. The van der Waals surface area contributed by atoms with Gasteiger partial charge in [0, 0.05) is 50.4 Å². The third-order valence-electron chi connectivity index (χ3n) is 7.17. The van der Waals surface area contributed by atoms with Gasteiger partial charge in [0.2, 0.25) is 5.91 Å². The summed E-state index contributed by atoms with van der Waals surface area (Å²) in [7, 11) is 1.61. The Bertz CT molecular complexity index is 1680. The molecule has 4 aromatic heterocycles. The predicted octanol–water partition coefficient (Wildman–Crippen LogP) is 4.52. The lowest BCUT2D eigenvalue weighted by Gasteiger charge is -2.31. The van der Waals surface area contributed by atoms with E-state index in [2.05, 4.69) is 31.5 Å². The fourth-order valence-corrected chi connectivity index (χ4v) is 5.13. The molecule has 0 unspecified atom stereocenters. The minimum atomic E-state index is 0.0322. The fraction of sp³-hybridized carbons (Fsp3) is 0.276. The monoisotopic (exact) mass is 538 g/mol. The number of methoxy groups -OCH3 is 1. The number of aryl methyl sites for hydroxylation is 1. The van der Waals surface area contributed by atoms with Crippen LogP contribution in [0.4, 0.5) is 11.5 Å². The number of pyridine rings is 1. The second-order valence-electron chi connectivity index (χ2n) is 9.76. The van der Waals surface area contributed by atoms with Gasteiger partial charge in [-0.3, -0.25) is 4.79 Å². The molecule has 0 atom stereocenters. The Labute approximate surface area is 231 Å². The van der Waals surface area contributed by atoms with Crippen molar-refractivity contribution in [2.24, 2.45) is 0 Å². The van der Waals surface area contributed by atoms with Crippen molar-refractivity contribution < 1.29 is 14.3 Å². The Morgan fingerprint density at radius 1 is 1.05 bits per heavy atom. The summed E-state index contributed by atoms with van der Waals surface area (Å²) in [5.74, 6) is 2.53. The molecule has 1 fully saturated rings. The molecule has 1 saturated heterocycles. The SMILES string of the molecule is COC/C=C/C(=O)N1CCC(c2ccn3ncnc(Nc4ccc(Oc5ccn6ncnc6c5)c(C)c4)c23)CC1. The van der Waals surface area contributed by atoms with Crippen molar-refractivity contribution in [2.75, 3.05) is 32.1 Å². The minimum absolute atomic E-state index is 0.0322. The standard InChI is InChI=1S/C29H30N8O3/c1-20-16-22(5-6-25(20)40-23-9-13-36-26(17-23)30-18-32-36)34-29-28-24(10-14-37(28)33-19-31-29)21-7-11-35(12-8-21)27(38)4-3-15-39-2/h3-6,9-10,13-14,16-19,21H,7-8,11-12,15H2,1-2H3,(H,31,33,34)/b4-3+. The van der Waals surface area contributed by atoms with Gasteiger partial charge in [-0.25, -0.2) is 19.0 Å². The maximum atomic E-state index is 12.5. The van der Waals surface area contributed by atoms with Crippen molar-refractivity contribution in [2.45, 2.75) is 25.7 Å². The van der Waals surface area contributed by atoms with Crippen molar-refractivity contribution in [3.05, 3.63) is 84.7 Å². The summed E-state index contributed by atoms with van der Waals surface area (Å²) in [5, 5.41) is 12.0. The number of hydrogen-bond acceptors (Lipinski definition) is 8. The largest absolute Gasteiger partial charge is 0.457 e. The first-order chi connectivity index (χ1) is 19.6. The van der Waals surface area contributed by atoms with Crippen molar-refractivity contribution in [3.8, 4) is 11.5 Å². The topological polar surface area (TPSA) is 111 Å². The number of nitrogens with zero attached hydrogens (tertiary/aromatic N) is 7. The molecule has 0 saturated carbocycles. The molecule has 11 heteroatoms. The van der Waals surface area contributed by atoms with Crippen LogP contribution in [0.25, 0.3) is 11.2 Å². The molecule has 11 nitrogen and oxygen atoms in total. The Balaban J connectivity index is 1.18. The van der Waals surface area contributed by atoms with E-state index in [0.29, 0.717) is 31.4 Å². The minimum Gasteiger partial charge on any atom is -0.457 e. The number of hydrogen-bond donors (Lipinski definition) is 1. The number of carbonyl (C=O) groups is 1. The maximum Gasteiger partial charge on any atom is 0.246 e. The van der Waals surface area contributed by atoms with Gasteiger partial charge in [-0.15, -0.1) is 0 Å². The number of anilines is 2. The Hall–Kier alpha value is -4.77. The maximum absolute atomic E-state index is 12.5. The molecule has 5 heterocycles. The molecule has 0 aliphatic carbocycles. The second-order valence-corrected chi connectivity index (χ2v) is 9.76. The van der Waals surface area contributed by atoms with Crippen LogP contribution in [0.5, 0.6) is 11.5 Å². The van der Waals surface area contributed by atoms with Crippen LogP contribution in [-0.4, -0.2) is 66.8 Å². The van der Waals surface area contributed by atoms with Gasteiger partial charge in [0.05, 0.1) is 6.61 Å². The molecule has 6 rings (SSSR count). The fourth-order valence-electron chi connectivity index (χ4n) is 5.13. The van der Waals surface area contributed by atoms with Gasteiger partial charge in [0.15, 0.2) is 11.5 Å². The number of fused-ring (bicyclic) bond motifs is 2. The molecule has 40 heavy (non-hydrogen) atoms. The van der Waals surface area contributed by atoms with E-state index in [1.54, 1.807) is 30.1 Å². The van der Waals surface area contributed by atoms with Crippen LogP contribution in [0.15, 0.2) is 73.6 Å². The lowest BCUT2D eigenvalue weighted by Crippen LogP contribution is -2.36. The summed E-state index contributed by atoms with van der Waals surface area (Å²) >= 11 is 0. The van der Waals surface area contributed by atoms with E-state index in [1.807, 2.05) is 59.1 Å². The van der Waals surface area contributed by atoms with Gasteiger partial charge < -0.3 is 19.7 Å². The van der Waals surface area contributed by atoms with Crippen LogP contribution in [0.1, 0.15) is 29.9 Å². The van der Waals surface area contributed by atoms with Gasteiger partial charge in [-0.05, 0) is 67.1 Å². The van der Waals surface area contributed by atoms with Gasteiger partial charge >= 0.3 is 0 Å². The van der Waals surface area contributed by atoms with Crippen LogP contribution in [0.2, 0.25) is 0 Å². The molecular weight excluding hydrogens is 508 g/mol. The molecule has 5 aromatic rings. The molecule has 1 amide bonds. The number of likely N-dealkylation sites (tertiary alicyclic amines) is 1. The van der Waals surface area contributed by atoms with E-state index >= 15 is 0 Å². The van der Waals surface area contributed by atoms with Gasteiger partial charge in [-0.2, -0.15) is 10.2 Å². The van der Waals surface area contributed by atoms with Crippen LogP contribution >= 0.6 is 0 Å². The van der Waals surface area contributed by atoms with Gasteiger partial charge in [0.25, 0.3) is 0 Å². The number of nitrogens with one attached hydrogen (secondary N) is 1. The Kier molecular flexibility index (Phi) is 7.11. The van der Waals surface area contributed by atoms with Crippen molar-refractivity contribution in [3.63, 3.8) is 0 Å². The zero-order valence-corrected chi connectivity index (χ0v) is 22.4. The zero-order valence-electron chi connectivity index (χ0n) is 22.4. The molecule has 0 spiro atoms. The number of benzene rings is 1. The number of carbonyl (C=O) groups excluding carboxylic acids is 1. The highest BCUT2D eigenvalue weighted by Gasteiger charge is 2.26. The van der Waals surface area contributed by atoms with Crippen molar-refractivity contribution in [1.82, 2.24) is 34.1 Å². The zero-order chi connectivity index (χ0) is 27.5. The molecule has 1 N–H and O–H groups in total. The number of rotatable bonds is 8. The predicted molar refractivity (Wildman–Crippen MR) is 150 cm³/mol. The summed E-state index contributed by atoms with van der Waals surface area (Å²) < 4.78 is 14.7. The lowest BCUT2D eigenvalue weighted by molar-refractivity contribution is -0.127. The highest BCUT2D eigenvalue weighted by atomic mass is 16.5. The highest BCUT2D eigenvalue weighted by molar-refractivity contribution is 5.87. The third kappa shape index (κ3) is 5.23. The smallest absolute Gasteiger partial charge is 0.246 e. The first-order valence-corrected chi connectivity index (χ1v) is 13.2. The molecule has 1 aliphatic rings. The molecule has 0 radical (unpaired) electrons. The van der Waals surface area contributed by atoms with Crippen LogP contribution in [0, 0.1) is 6.92 Å². The molecule has 1 aliphatic heterocycles. The van der Waals surface area contributed by atoms with E-state index in [4.69, 9.17) is 9.47 Å². The van der Waals surface area contributed by atoms with Crippen molar-refractivity contribution in [1.29, 1.82) is 0 Å². The van der Waals surface area contributed by atoms with E-state index in [-0.39, 0.29) is 5.91 Å². The summed E-state index contributed by atoms with van der Waals surface area (Å²) in [6, 6.07) is 11.8. The van der Waals surface area contributed by atoms with Crippen molar-refractivity contribution >= 4 is 28.6 Å². The average Bonchev–Trinajstić information content (AvgIpc) is 3.62. The van der Waals surface area contributed by atoms with Gasteiger partial charge in [0.1, 0.15) is 29.7 Å². The van der Waals surface area contributed by atoms with E-state index in [9.17, 15) is 4.79 Å². The molecular formula is C29H30N8O3. The van der Waals surface area contributed by atoms with E-state index in [0.717, 1.165) is 46.8 Å². The molecule has 204 valence electrons. The molecule has 0 bridgehead atoms. The summed E-state index contributed by atoms with van der Waals surface area (Å²) in [5.41, 5.74) is 4.73. The van der Waals surface area contributed by atoms with Gasteiger partial charge in [-0.1, -0.05) is 6.08 Å². The lowest BCUT2D eigenvalue weighted by atomic mass is 9.90. The van der Waals surface area contributed by atoms with Crippen LogP contribution < -0.4 is 10.1 Å². The number of amides is 1. The highest BCUT2D eigenvalue weighted by Crippen LogP contribution is 2.35. The van der Waals surface area contributed by atoms with Crippen LogP contribution in [-0.2, 0) is 9.53 Å². The summed E-state index contributed by atoms with van der Waals surface area (Å²) in [4.78, 5) is 23.2. The quantitative estimate of drug-likeness (QED) is 0.287. The third-order valence-corrected chi connectivity index (χ3v) is 7.17. The first kappa shape index (κ1) is 25.5. The summed E-state index contributed by atoms with van der Waals surface area (Å²) in [6.07, 6.45) is 12.0. The number of piperidine rings is 1. The second kappa shape index (κ2) is 11.1. The normalized spacial score (nSPS) is 14.4. The first-order valence-electron chi connectivity index (χ1n) is 13.2. The average molecular weight is 539 g/mol. The van der Waals surface area contributed by atoms with Crippen LogP contribution in [0.3, 0.4) is 0 Å². The number of aromatic nitrogens is 6.